The number of benzene rings is 2. The fraction of sp³-hybridized carbons (Fsp3) is 0.217. The minimum atomic E-state index is -0.0195. The lowest BCUT2D eigenvalue weighted by Gasteiger charge is -2.27. The van der Waals surface area contributed by atoms with Crippen molar-refractivity contribution in [2.45, 2.75) is 33.4 Å². The number of nitrogens with zero attached hydrogens (tertiary/aromatic N) is 2. The third-order valence-corrected chi connectivity index (χ3v) is 4.41. The molecule has 0 saturated heterocycles. The van der Waals surface area contributed by atoms with Crippen LogP contribution < -0.4 is 5.32 Å². The molecule has 138 valence electrons. The maximum atomic E-state index is 13.1. The maximum Gasteiger partial charge on any atom is 0.256 e. The standard InChI is InChI=1S/C23H25N3O/c1-17(2)26(16-19-7-5-4-6-8-19)23(27)20-13-22(15-24-14-20)25-21-11-9-18(3)10-12-21/h4-15,17,25H,16H2,1-3H3. The van der Waals surface area contributed by atoms with Crippen LogP contribution in [0.15, 0.2) is 73.1 Å². The summed E-state index contributed by atoms with van der Waals surface area (Å²) in [5.74, 6) is -0.0195. The van der Waals surface area contributed by atoms with E-state index in [2.05, 4.69) is 17.2 Å². The molecule has 0 fully saturated rings. The van der Waals surface area contributed by atoms with Gasteiger partial charge >= 0.3 is 0 Å². The number of pyridine rings is 1. The summed E-state index contributed by atoms with van der Waals surface area (Å²) in [5, 5.41) is 3.31. The molecule has 1 amide bonds. The van der Waals surface area contributed by atoms with Crippen molar-refractivity contribution >= 4 is 17.3 Å². The molecular weight excluding hydrogens is 334 g/mol. The summed E-state index contributed by atoms with van der Waals surface area (Å²) in [5.41, 5.74) is 4.67. The van der Waals surface area contributed by atoms with Gasteiger partial charge in [0.1, 0.15) is 0 Å². The SMILES string of the molecule is Cc1ccc(Nc2cncc(C(=O)N(Cc3ccccc3)C(C)C)c2)cc1. The topological polar surface area (TPSA) is 45.2 Å². The van der Waals surface area contributed by atoms with Crippen molar-refractivity contribution in [2.24, 2.45) is 0 Å². The highest BCUT2D eigenvalue weighted by molar-refractivity contribution is 5.95. The monoisotopic (exact) mass is 359 g/mol. The molecular formula is C23H25N3O. The Bertz CT molecular complexity index is 889. The van der Waals surface area contributed by atoms with Gasteiger partial charge in [0.05, 0.1) is 17.4 Å². The number of aromatic nitrogens is 1. The fourth-order valence-corrected chi connectivity index (χ4v) is 2.86. The molecule has 0 aliphatic heterocycles. The van der Waals surface area contributed by atoms with Crippen molar-refractivity contribution in [2.75, 3.05) is 5.32 Å². The zero-order valence-corrected chi connectivity index (χ0v) is 16.0. The van der Waals surface area contributed by atoms with Crippen LogP contribution in [0.2, 0.25) is 0 Å². The highest BCUT2D eigenvalue weighted by Gasteiger charge is 2.19. The first-order chi connectivity index (χ1) is 13.0. The van der Waals surface area contributed by atoms with E-state index >= 15 is 0 Å². The Morgan fingerprint density at radius 3 is 2.37 bits per heavy atom. The molecule has 3 aromatic rings. The van der Waals surface area contributed by atoms with Gasteiger partial charge in [-0.15, -0.1) is 0 Å². The van der Waals surface area contributed by atoms with E-state index in [1.165, 1.54) is 5.56 Å². The number of anilines is 2. The molecule has 27 heavy (non-hydrogen) atoms. The fourth-order valence-electron chi connectivity index (χ4n) is 2.86. The largest absolute Gasteiger partial charge is 0.354 e. The van der Waals surface area contributed by atoms with Crippen molar-refractivity contribution in [3.05, 3.63) is 89.7 Å². The third-order valence-electron chi connectivity index (χ3n) is 4.41. The van der Waals surface area contributed by atoms with E-state index in [4.69, 9.17) is 0 Å². The summed E-state index contributed by atoms with van der Waals surface area (Å²) >= 11 is 0. The van der Waals surface area contributed by atoms with Crippen LogP contribution in [0, 0.1) is 6.92 Å². The lowest BCUT2D eigenvalue weighted by Crippen LogP contribution is -2.36. The van der Waals surface area contributed by atoms with Crippen molar-refractivity contribution in [1.29, 1.82) is 0 Å². The number of hydrogen-bond donors (Lipinski definition) is 1. The molecule has 0 atom stereocenters. The number of nitrogens with one attached hydrogen (secondary N) is 1. The zero-order valence-electron chi connectivity index (χ0n) is 16.0. The zero-order chi connectivity index (χ0) is 19.2. The molecule has 1 aromatic heterocycles. The normalized spacial score (nSPS) is 10.7. The van der Waals surface area contributed by atoms with Gasteiger partial charge in [-0.3, -0.25) is 9.78 Å². The predicted molar refractivity (Wildman–Crippen MR) is 110 cm³/mol. The van der Waals surface area contributed by atoms with Gasteiger partial charge in [0.15, 0.2) is 0 Å². The maximum absolute atomic E-state index is 13.1. The van der Waals surface area contributed by atoms with Gasteiger partial charge in [0.25, 0.3) is 5.91 Å². The Morgan fingerprint density at radius 1 is 1.00 bits per heavy atom. The summed E-state index contributed by atoms with van der Waals surface area (Å²) in [6, 6.07) is 20.1. The molecule has 0 spiro atoms. The van der Waals surface area contributed by atoms with Gasteiger partial charge in [0.2, 0.25) is 0 Å². The van der Waals surface area contributed by atoms with E-state index in [-0.39, 0.29) is 11.9 Å². The van der Waals surface area contributed by atoms with Crippen molar-refractivity contribution in [1.82, 2.24) is 9.88 Å². The minimum Gasteiger partial charge on any atom is -0.354 e. The van der Waals surface area contributed by atoms with E-state index in [9.17, 15) is 4.79 Å². The average molecular weight is 359 g/mol. The molecule has 0 aliphatic carbocycles. The Balaban J connectivity index is 1.79. The highest BCUT2D eigenvalue weighted by Crippen LogP contribution is 2.19. The van der Waals surface area contributed by atoms with E-state index < -0.39 is 0 Å². The van der Waals surface area contributed by atoms with E-state index in [1.54, 1.807) is 12.4 Å². The van der Waals surface area contributed by atoms with Gasteiger partial charge in [-0.25, -0.2) is 0 Å². The summed E-state index contributed by atoms with van der Waals surface area (Å²) in [6.45, 7) is 6.69. The number of hydrogen-bond acceptors (Lipinski definition) is 3. The number of carbonyl (C=O) groups is 1. The minimum absolute atomic E-state index is 0.0195. The predicted octanol–water partition coefficient (Wildman–Crippen LogP) is 5.18. The molecule has 0 radical (unpaired) electrons. The molecule has 1 heterocycles. The Hall–Kier alpha value is -3.14. The van der Waals surface area contributed by atoms with Gasteiger partial charge in [-0.1, -0.05) is 48.0 Å². The second-order valence-corrected chi connectivity index (χ2v) is 6.97. The lowest BCUT2D eigenvalue weighted by molar-refractivity contribution is 0.0690. The average Bonchev–Trinajstić information content (AvgIpc) is 2.68. The second kappa shape index (κ2) is 8.49. The van der Waals surface area contributed by atoms with Gasteiger partial charge in [0, 0.05) is 24.5 Å². The second-order valence-electron chi connectivity index (χ2n) is 6.97. The van der Waals surface area contributed by atoms with Crippen molar-refractivity contribution in [3.63, 3.8) is 0 Å². The Kier molecular flexibility index (Phi) is 5.87. The molecule has 3 rings (SSSR count). The highest BCUT2D eigenvalue weighted by atomic mass is 16.2. The first-order valence-electron chi connectivity index (χ1n) is 9.16. The first kappa shape index (κ1) is 18.6. The van der Waals surface area contributed by atoms with Crippen LogP contribution in [-0.2, 0) is 6.54 Å². The molecule has 1 N–H and O–H groups in total. The van der Waals surface area contributed by atoms with Gasteiger partial charge < -0.3 is 10.2 Å². The van der Waals surface area contributed by atoms with E-state index in [1.807, 2.05) is 79.4 Å². The quantitative estimate of drug-likeness (QED) is 0.659. The van der Waals surface area contributed by atoms with Crippen LogP contribution in [0.3, 0.4) is 0 Å². The number of aryl methyl sites for hydroxylation is 1. The van der Waals surface area contributed by atoms with Crippen LogP contribution in [0.5, 0.6) is 0 Å². The van der Waals surface area contributed by atoms with E-state index in [0.717, 1.165) is 16.9 Å². The lowest BCUT2D eigenvalue weighted by atomic mass is 10.1. The Labute approximate surface area is 160 Å². The Morgan fingerprint density at radius 2 is 1.70 bits per heavy atom. The van der Waals surface area contributed by atoms with Crippen molar-refractivity contribution < 1.29 is 4.79 Å². The van der Waals surface area contributed by atoms with Crippen LogP contribution in [0.25, 0.3) is 0 Å². The molecule has 0 aliphatic rings. The number of rotatable bonds is 6. The molecule has 4 nitrogen and oxygen atoms in total. The first-order valence-corrected chi connectivity index (χ1v) is 9.16. The summed E-state index contributed by atoms with van der Waals surface area (Å²) in [6.07, 6.45) is 3.36. The summed E-state index contributed by atoms with van der Waals surface area (Å²) in [7, 11) is 0. The van der Waals surface area contributed by atoms with Crippen LogP contribution >= 0.6 is 0 Å². The summed E-state index contributed by atoms with van der Waals surface area (Å²) < 4.78 is 0. The third kappa shape index (κ3) is 4.94. The molecule has 0 unspecified atom stereocenters. The van der Waals surface area contributed by atoms with Gasteiger partial charge in [-0.05, 0) is 44.5 Å². The molecule has 0 saturated carbocycles. The van der Waals surface area contributed by atoms with Crippen LogP contribution in [0.1, 0.15) is 35.3 Å². The molecule has 2 aromatic carbocycles. The smallest absolute Gasteiger partial charge is 0.256 e. The number of amides is 1. The number of carbonyl (C=O) groups excluding carboxylic acids is 1. The molecule has 4 heteroatoms. The van der Waals surface area contributed by atoms with Crippen molar-refractivity contribution in [3.8, 4) is 0 Å². The van der Waals surface area contributed by atoms with Crippen LogP contribution in [0.4, 0.5) is 11.4 Å². The van der Waals surface area contributed by atoms with Gasteiger partial charge in [-0.2, -0.15) is 0 Å². The van der Waals surface area contributed by atoms with Crippen LogP contribution in [-0.4, -0.2) is 21.8 Å². The molecule has 0 bridgehead atoms. The van der Waals surface area contributed by atoms with E-state index in [0.29, 0.717) is 12.1 Å². The summed E-state index contributed by atoms with van der Waals surface area (Å²) in [4.78, 5) is 19.2.